The Labute approximate surface area is 76.5 Å². The minimum atomic E-state index is 0.704. The predicted octanol–water partition coefficient (Wildman–Crippen LogP) is 2.92. The molecule has 0 bridgehead atoms. The van der Waals surface area contributed by atoms with Gasteiger partial charge in [0, 0.05) is 11.6 Å². The van der Waals surface area contributed by atoms with E-state index in [1.807, 2.05) is 5.38 Å². The highest BCUT2D eigenvalue weighted by Crippen LogP contribution is 2.28. The van der Waals surface area contributed by atoms with Crippen molar-refractivity contribution < 1.29 is 0 Å². The van der Waals surface area contributed by atoms with Gasteiger partial charge in [-0.15, -0.1) is 11.3 Å². The monoisotopic (exact) mass is 202 g/mol. The van der Waals surface area contributed by atoms with Gasteiger partial charge in [-0.05, 0) is 0 Å². The second-order valence-electron chi connectivity index (χ2n) is 1.81. The highest BCUT2D eigenvalue weighted by molar-refractivity contribution is 7.22. The lowest BCUT2D eigenvalue weighted by Gasteiger charge is -1.82. The zero-order valence-electron chi connectivity index (χ0n) is 5.32. The molecule has 0 spiro atoms. The molecular weight excluding hydrogens is 200 g/mol. The van der Waals surface area contributed by atoms with Crippen LogP contribution in [-0.4, -0.2) is 9.97 Å². The summed E-state index contributed by atoms with van der Waals surface area (Å²) in [6, 6.07) is 0. The lowest BCUT2D eigenvalue weighted by molar-refractivity contribution is 1.36. The Morgan fingerprint density at radius 1 is 1.27 bits per heavy atom. The van der Waals surface area contributed by atoms with Crippen LogP contribution < -0.4 is 0 Å². The Hall–Kier alpha value is -0.450. The van der Waals surface area contributed by atoms with Gasteiger partial charge in [0.05, 0.1) is 6.20 Å². The molecule has 2 aromatic rings. The number of rotatable bonds is 1. The number of halogens is 1. The third-order valence-corrected chi connectivity index (χ3v) is 3.12. The van der Waals surface area contributed by atoms with Gasteiger partial charge in [-0.1, -0.05) is 22.9 Å². The SMILES string of the molecule is Clc1cnc(-c2nccs2)s1. The molecule has 0 N–H and O–H groups in total. The lowest BCUT2D eigenvalue weighted by atomic mass is 10.7. The van der Waals surface area contributed by atoms with Gasteiger partial charge < -0.3 is 0 Å². The van der Waals surface area contributed by atoms with E-state index in [1.54, 1.807) is 23.7 Å². The number of thiazole rings is 2. The molecule has 0 saturated carbocycles. The first kappa shape index (κ1) is 7.21. The minimum absolute atomic E-state index is 0.704. The number of aromatic nitrogens is 2. The molecule has 56 valence electrons. The summed E-state index contributed by atoms with van der Waals surface area (Å²) in [6.45, 7) is 0. The maximum absolute atomic E-state index is 5.71. The molecule has 0 fully saturated rings. The highest BCUT2D eigenvalue weighted by Gasteiger charge is 2.04. The molecule has 0 saturated heterocycles. The van der Waals surface area contributed by atoms with Gasteiger partial charge in [0.1, 0.15) is 4.34 Å². The standard InChI is InChI=1S/C6H3ClN2S2/c7-4-3-9-6(11-4)5-8-1-2-10-5/h1-3H. The molecule has 0 amide bonds. The molecule has 2 nitrogen and oxygen atoms in total. The van der Waals surface area contributed by atoms with Gasteiger partial charge >= 0.3 is 0 Å². The van der Waals surface area contributed by atoms with Crippen LogP contribution in [0.2, 0.25) is 4.34 Å². The minimum Gasteiger partial charge on any atom is -0.242 e. The van der Waals surface area contributed by atoms with Gasteiger partial charge in [0.15, 0.2) is 10.0 Å². The number of hydrogen-bond acceptors (Lipinski definition) is 4. The van der Waals surface area contributed by atoms with Crippen LogP contribution in [0.25, 0.3) is 10.0 Å². The third-order valence-electron chi connectivity index (χ3n) is 1.09. The second kappa shape index (κ2) is 2.89. The average molecular weight is 203 g/mol. The van der Waals surface area contributed by atoms with Crippen LogP contribution in [0.4, 0.5) is 0 Å². The Kier molecular flexibility index (Phi) is 1.89. The Bertz CT molecular complexity index is 341. The van der Waals surface area contributed by atoms with E-state index in [9.17, 15) is 0 Å². The van der Waals surface area contributed by atoms with Gasteiger partial charge in [0.2, 0.25) is 0 Å². The molecule has 11 heavy (non-hydrogen) atoms. The van der Waals surface area contributed by atoms with Crippen LogP contribution in [0.1, 0.15) is 0 Å². The molecule has 0 atom stereocenters. The summed E-state index contributed by atoms with van der Waals surface area (Å²) in [6.07, 6.45) is 3.40. The maximum Gasteiger partial charge on any atom is 0.153 e. The van der Waals surface area contributed by atoms with E-state index in [-0.39, 0.29) is 0 Å². The van der Waals surface area contributed by atoms with E-state index in [0.717, 1.165) is 10.0 Å². The molecule has 0 unspecified atom stereocenters. The van der Waals surface area contributed by atoms with E-state index in [4.69, 9.17) is 11.6 Å². The zero-order chi connectivity index (χ0) is 7.68. The fourth-order valence-electron chi connectivity index (χ4n) is 0.682. The number of hydrogen-bond donors (Lipinski definition) is 0. The Morgan fingerprint density at radius 2 is 2.18 bits per heavy atom. The maximum atomic E-state index is 5.71. The van der Waals surface area contributed by atoms with Crippen LogP contribution >= 0.6 is 34.3 Å². The van der Waals surface area contributed by atoms with Crippen molar-refractivity contribution in [3.63, 3.8) is 0 Å². The fourth-order valence-corrected chi connectivity index (χ4v) is 2.28. The van der Waals surface area contributed by atoms with Crippen molar-refractivity contribution >= 4 is 34.3 Å². The smallest absolute Gasteiger partial charge is 0.153 e. The van der Waals surface area contributed by atoms with Crippen molar-refractivity contribution in [1.29, 1.82) is 0 Å². The van der Waals surface area contributed by atoms with Crippen LogP contribution in [0.5, 0.6) is 0 Å². The van der Waals surface area contributed by atoms with Crippen molar-refractivity contribution in [2.75, 3.05) is 0 Å². The van der Waals surface area contributed by atoms with Crippen molar-refractivity contribution in [2.45, 2.75) is 0 Å². The molecule has 2 heterocycles. The molecule has 0 aliphatic rings. The summed E-state index contributed by atoms with van der Waals surface area (Å²) < 4.78 is 0.704. The van der Waals surface area contributed by atoms with Gasteiger partial charge in [-0.2, -0.15) is 0 Å². The van der Waals surface area contributed by atoms with Crippen molar-refractivity contribution in [2.24, 2.45) is 0 Å². The Balaban J connectivity index is 2.45. The fraction of sp³-hybridized carbons (Fsp3) is 0. The first-order valence-electron chi connectivity index (χ1n) is 2.87. The van der Waals surface area contributed by atoms with Crippen LogP contribution in [0.3, 0.4) is 0 Å². The first-order chi connectivity index (χ1) is 5.36. The quantitative estimate of drug-likeness (QED) is 0.711. The molecule has 0 aromatic carbocycles. The largest absolute Gasteiger partial charge is 0.242 e. The average Bonchev–Trinajstić information content (AvgIpc) is 2.55. The first-order valence-corrected chi connectivity index (χ1v) is 4.95. The highest BCUT2D eigenvalue weighted by atomic mass is 35.5. The van der Waals surface area contributed by atoms with E-state index in [2.05, 4.69) is 9.97 Å². The van der Waals surface area contributed by atoms with Crippen molar-refractivity contribution in [3.8, 4) is 10.0 Å². The van der Waals surface area contributed by atoms with Crippen LogP contribution in [-0.2, 0) is 0 Å². The third kappa shape index (κ3) is 1.42. The predicted molar refractivity (Wildman–Crippen MR) is 48.2 cm³/mol. The second-order valence-corrected chi connectivity index (χ2v) is 4.36. The Morgan fingerprint density at radius 3 is 2.73 bits per heavy atom. The summed E-state index contributed by atoms with van der Waals surface area (Å²) in [7, 11) is 0. The van der Waals surface area contributed by atoms with E-state index in [0.29, 0.717) is 4.34 Å². The summed E-state index contributed by atoms with van der Waals surface area (Å²) in [5, 5.41) is 3.75. The molecule has 2 aromatic heterocycles. The normalized spacial score (nSPS) is 10.3. The summed E-state index contributed by atoms with van der Waals surface area (Å²) >= 11 is 8.73. The van der Waals surface area contributed by atoms with E-state index in [1.165, 1.54) is 11.3 Å². The molecule has 2 rings (SSSR count). The number of nitrogens with zero attached hydrogens (tertiary/aromatic N) is 2. The van der Waals surface area contributed by atoms with Crippen molar-refractivity contribution in [1.82, 2.24) is 9.97 Å². The summed E-state index contributed by atoms with van der Waals surface area (Å²) in [5.74, 6) is 0. The van der Waals surface area contributed by atoms with Crippen LogP contribution in [0, 0.1) is 0 Å². The van der Waals surface area contributed by atoms with Gasteiger partial charge in [-0.25, -0.2) is 9.97 Å². The topological polar surface area (TPSA) is 25.8 Å². The molecule has 0 aliphatic heterocycles. The van der Waals surface area contributed by atoms with E-state index >= 15 is 0 Å². The molecule has 0 aliphatic carbocycles. The summed E-state index contributed by atoms with van der Waals surface area (Å²) in [4.78, 5) is 8.20. The molecule has 0 radical (unpaired) electrons. The van der Waals surface area contributed by atoms with Crippen molar-refractivity contribution in [3.05, 3.63) is 22.1 Å². The van der Waals surface area contributed by atoms with Gasteiger partial charge in [0.25, 0.3) is 0 Å². The summed E-state index contributed by atoms with van der Waals surface area (Å²) in [5.41, 5.74) is 0. The lowest BCUT2D eigenvalue weighted by Crippen LogP contribution is -1.68. The van der Waals surface area contributed by atoms with Gasteiger partial charge in [-0.3, -0.25) is 0 Å². The molecular formula is C6H3ClN2S2. The van der Waals surface area contributed by atoms with Crippen LogP contribution in [0.15, 0.2) is 17.8 Å². The van der Waals surface area contributed by atoms with E-state index < -0.39 is 0 Å². The zero-order valence-corrected chi connectivity index (χ0v) is 7.71. The molecule has 5 heteroatoms.